The average Bonchev–Trinajstić information content (AvgIpc) is 2.18. The van der Waals surface area contributed by atoms with Crippen LogP contribution in [0.5, 0.6) is 0 Å². The third-order valence-electron chi connectivity index (χ3n) is 2.08. The van der Waals surface area contributed by atoms with E-state index in [1.165, 1.54) is 12.3 Å². The van der Waals surface area contributed by atoms with Gasteiger partial charge in [0.15, 0.2) is 0 Å². The maximum Gasteiger partial charge on any atom is 0.141 e. The molecule has 0 spiro atoms. The first-order chi connectivity index (χ1) is 7.15. The van der Waals surface area contributed by atoms with Crippen molar-refractivity contribution in [3.05, 3.63) is 23.6 Å². The van der Waals surface area contributed by atoms with Gasteiger partial charge in [-0.3, -0.25) is 0 Å². The normalized spacial score (nSPS) is 10.4. The number of hydrogen-bond donors (Lipinski definition) is 1. The van der Waals surface area contributed by atoms with Crippen LogP contribution in [0.4, 0.5) is 10.2 Å². The van der Waals surface area contributed by atoms with Crippen LogP contribution in [0.3, 0.4) is 0 Å². The monoisotopic (exact) mass is 211 g/mol. The fourth-order valence-electron chi connectivity index (χ4n) is 1.41. The Morgan fingerprint density at radius 1 is 1.47 bits per heavy atom. The molecule has 0 saturated carbocycles. The molecular weight excluding hydrogens is 193 g/mol. The summed E-state index contributed by atoms with van der Waals surface area (Å²) in [6.45, 7) is 3.69. The van der Waals surface area contributed by atoms with Crippen molar-refractivity contribution in [3.63, 3.8) is 0 Å². The summed E-state index contributed by atoms with van der Waals surface area (Å²) in [6.07, 6.45) is 2.32. The van der Waals surface area contributed by atoms with Gasteiger partial charge in [0.1, 0.15) is 11.6 Å². The number of pyridine rings is 1. The zero-order valence-electron chi connectivity index (χ0n) is 9.55. The van der Waals surface area contributed by atoms with Crippen LogP contribution in [-0.2, 0) is 6.54 Å². The zero-order chi connectivity index (χ0) is 11.3. The highest BCUT2D eigenvalue weighted by molar-refractivity contribution is 5.45. The van der Waals surface area contributed by atoms with E-state index in [1.54, 1.807) is 0 Å². The van der Waals surface area contributed by atoms with E-state index >= 15 is 0 Å². The third-order valence-corrected chi connectivity index (χ3v) is 2.08. The fourth-order valence-corrected chi connectivity index (χ4v) is 1.41. The Hall–Kier alpha value is -1.16. The van der Waals surface area contributed by atoms with E-state index in [4.69, 9.17) is 0 Å². The van der Waals surface area contributed by atoms with Crippen molar-refractivity contribution >= 4 is 5.82 Å². The van der Waals surface area contributed by atoms with E-state index < -0.39 is 0 Å². The Bertz CT molecular complexity index is 313. The van der Waals surface area contributed by atoms with Gasteiger partial charge in [-0.05, 0) is 19.0 Å². The molecule has 0 aliphatic carbocycles. The molecular formula is C11H18FN3. The van der Waals surface area contributed by atoms with E-state index in [9.17, 15) is 4.39 Å². The van der Waals surface area contributed by atoms with Crippen molar-refractivity contribution in [2.45, 2.75) is 19.9 Å². The molecule has 0 atom stereocenters. The molecule has 1 rings (SSSR count). The second-order valence-electron chi connectivity index (χ2n) is 3.71. The van der Waals surface area contributed by atoms with Crippen molar-refractivity contribution in [3.8, 4) is 0 Å². The van der Waals surface area contributed by atoms with Gasteiger partial charge in [-0.25, -0.2) is 9.37 Å². The van der Waals surface area contributed by atoms with Crippen LogP contribution in [-0.4, -0.2) is 25.6 Å². The maximum atomic E-state index is 13.0. The standard InChI is InChI=1S/C11H18FN3/c1-4-5-13-7-9-6-10(12)8-14-11(9)15(2)3/h6,8,13H,4-5,7H2,1-3H3. The van der Waals surface area contributed by atoms with Gasteiger partial charge in [-0.15, -0.1) is 0 Å². The van der Waals surface area contributed by atoms with Gasteiger partial charge in [-0.2, -0.15) is 0 Å². The summed E-state index contributed by atoms with van der Waals surface area (Å²) in [5.74, 6) is 0.536. The van der Waals surface area contributed by atoms with Gasteiger partial charge in [0, 0.05) is 26.2 Å². The van der Waals surface area contributed by atoms with Crippen LogP contribution in [0.25, 0.3) is 0 Å². The zero-order valence-corrected chi connectivity index (χ0v) is 9.55. The molecule has 1 heterocycles. The van der Waals surface area contributed by atoms with Gasteiger partial charge in [0.05, 0.1) is 6.20 Å². The number of rotatable bonds is 5. The topological polar surface area (TPSA) is 28.2 Å². The van der Waals surface area contributed by atoms with Crippen LogP contribution in [0, 0.1) is 5.82 Å². The van der Waals surface area contributed by atoms with E-state index in [-0.39, 0.29) is 5.82 Å². The lowest BCUT2D eigenvalue weighted by Crippen LogP contribution is -2.19. The minimum absolute atomic E-state index is 0.283. The molecule has 1 aromatic heterocycles. The number of halogens is 1. The number of aromatic nitrogens is 1. The Labute approximate surface area is 90.3 Å². The first-order valence-electron chi connectivity index (χ1n) is 5.17. The van der Waals surface area contributed by atoms with E-state index in [2.05, 4.69) is 17.2 Å². The molecule has 0 fully saturated rings. The molecule has 84 valence electrons. The molecule has 0 bridgehead atoms. The van der Waals surface area contributed by atoms with E-state index in [1.807, 2.05) is 19.0 Å². The summed E-state index contributed by atoms with van der Waals surface area (Å²) in [6, 6.07) is 1.53. The Morgan fingerprint density at radius 3 is 2.80 bits per heavy atom. The highest BCUT2D eigenvalue weighted by Crippen LogP contribution is 2.15. The van der Waals surface area contributed by atoms with Crippen molar-refractivity contribution in [2.24, 2.45) is 0 Å². The quantitative estimate of drug-likeness (QED) is 0.753. The number of hydrogen-bond acceptors (Lipinski definition) is 3. The first kappa shape index (κ1) is 11.9. The average molecular weight is 211 g/mol. The second kappa shape index (κ2) is 5.66. The lowest BCUT2D eigenvalue weighted by molar-refractivity contribution is 0.611. The largest absolute Gasteiger partial charge is 0.362 e. The number of anilines is 1. The molecule has 1 aromatic rings. The predicted molar refractivity (Wildman–Crippen MR) is 60.5 cm³/mol. The van der Waals surface area contributed by atoms with Gasteiger partial charge in [0.25, 0.3) is 0 Å². The van der Waals surface area contributed by atoms with E-state index in [0.29, 0.717) is 6.54 Å². The van der Waals surface area contributed by atoms with Gasteiger partial charge < -0.3 is 10.2 Å². The molecule has 0 aliphatic rings. The van der Waals surface area contributed by atoms with E-state index in [0.717, 1.165) is 24.3 Å². The molecule has 0 unspecified atom stereocenters. The highest BCUT2D eigenvalue weighted by Gasteiger charge is 2.06. The first-order valence-corrected chi connectivity index (χ1v) is 5.17. The molecule has 15 heavy (non-hydrogen) atoms. The summed E-state index contributed by atoms with van der Waals surface area (Å²) in [7, 11) is 3.81. The van der Waals surface area contributed by atoms with Crippen LogP contribution >= 0.6 is 0 Å². The molecule has 4 heteroatoms. The maximum absolute atomic E-state index is 13.0. The molecule has 1 N–H and O–H groups in total. The Morgan fingerprint density at radius 2 is 2.20 bits per heavy atom. The summed E-state index contributed by atoms with van der Waals surface area (Å²) < 4.78 is 13.0. The van der Waals surface area contributed by atoms with Crippen molar-refractivity contribution < 1.29 is 4.39 Å². The molecule has 0 amide bonds. The molecule has 0 aromatic carbocycles. The second-order valence-corrected chi connectivity index (χ2v) is 3.71. The minimum atomic E-state index is -0.283. The fraction of sp³-hybridized carbons (Fsp3) is 0.545. The highest BCUT2D eigenvalue weighted by atomic mass is 19.1. The SMILES string of the molecule is CCCNCc1cc(F)cnc1N(C)C. The Kier molecular flexibility index (Phi) is 4.49. The van der Waals surface area contributed by atoms with Gasteiger partial charge in [0.2, 0.25) is 0 Å². The van der Waals surface area contributed by atoms with Gasteiger partial charge >= 0.3 is 0 Å². The molecule has 0 radical (unpaired) electrons. The molecule has 0 saturated heterocycles. The summed E-state index contributed by atoms with van der Waals surface area (Å²) >= 11 is 0. The predicted octanol–water partition coefficient (Wildman–Crippen LogP) is 1.79. The lowest BCUT2D eigenvalue weighted by atomic mass is 10.2. The lowest BCUT2D eigenvalue weighted by Gasteiger charge is -2.16. The van der Waals surface area contributed by atoms with Crippen molar-refractivity contribution in [2.75, 3.05) is 25.5 Å². The van der Waals surface area contributed by atoms with Crippen LogP contribution in [0.1, 0.15) is 18.9 Å². The molecule has 0 aliphatic heterocycles. The number of nitrogens with zero attached hydrogens (tertiary/aromatic N) is 2. The summed E-state index contributed by atoms with van der Waals surface area (Å²) in [4.78, 5) is 5.96. The van der Waals surface area contributed by atoms with Crippen molar-refractivity contribution in [1.29, 1.82) is 0 Å². The van der Waals surface area contributed by atoms with Crippen LogP contribution < -0.4 is 10.2 Å². The Balaban J connectivity index is 2.77. The number of nitrogens with one attached hydrogen (secondary N) is 1. The van der Waals surface area contributed by atoms with Crippen molar-refractivity contribution in [1.82, 2.24) is 10.3 Å². The van der Waals surface area contributed by atoms with Crippen LogP contribution in [0.2, 0.25) is 0 Å². The van der Waals surface area contributed by atoms with Crippen LogP contribution in [0.15, 0.2) is 12.3 Å². The minimum Gasteiger partial charge on any atom is -0.362 e. The smallest absolute Gasteiger partial charge is 0.141 e. The third kappa shape index (κ3) is 3.47. The van der Waals surface area contributed by atoms with Gasteiger partial charge in [-0.1, -0.05) is 6.92 Å². The summed E-state index contributed by atoms with van der Waals surface area (Å²) in [5, 5.41) is 3.24. The summed E-state index contributed by atoms with van der Waals surface area (Å²) in [5.41, 5.74) is 0.897. The molecule has 3 nitrogen and oxygen atoms in total.